The van der Waals surface area contributed by atoms with Gasteiger partial charge >= 0.3 is 0 Å². The standard InChI is InChI=1S/C38H32F2N4O3/c1-42-21-9-22-43(25-24-42)35(45)26-33-32-14-7-8-15-34(32)44(23-20-38(33,39)40)37(47)28-16-18-29(19-17-28)41-36(46)31-13-6-5-12-30(31)27-10-3-2-4-11-27/h2-19,21,24-26H,20,22-23H2,1H3,(H,41,46). The number of allylic oxidation sites excluding steroid dienone is 1. The summed E-state index contributed by atoms with van der Waals surface area (Å²) in [5.41, 5.74) is 2.91. The minimum absolute atomic E-state index is 0.115. The van der Waals surface area contributed by atoms with E-state index in [0.717, 1.165) is 17.2 Å². The zero-order valence-corrected chi connectivity index (χ0v) is 25.6. The van der Waals surface area contributed by atoms with Crippen molar-refractivity contribution in [3.05, 3.63) is 151 Å². The highest BCUT2D eigenvalue weighted by Crippen LogP contribution is 2.43. The minimum atomic E-state index is -3.37. The Morgan fingerprint density at radius 2 is 1.47 bits per heavy atom. The SMILES string of the molecule is CN1C=CCN(C(=O)C=C2c3ccccc3N(C(=O)c3ccc(NC(=O)c4ccccc4-c4ccccc4)cc3)CCC2(F)F)C=C1. The molecule has 0 radical (unpaired) electrons. The van der Waals surface area contributed by atoms with E-state index in [1.165, 1.54) is 15.9 Å². The number of nitrogens with one attached hydrogen (secondary N) is 1. The lowest BCUT2D eigenvalue weighted by Gasteiger charge is -2.23. The molecule has 2 aliphatic heterocycles. The van der Waals surface area contributed by atoms with Crippen LogP contribution in [0.25, 0.3) is 16.7 Å². The number of benzene rings is 4. The van der Waals surface area contributed by atoms with Gasteiger partial charge in [-0.2, -0.15) is 0 Å². The number of amides is 3. The molecule has 0 bridgehead atoms. The van der Waals surface area contributed by atoms with Gasteiger partial charge in [-0.3, -0.25) is 14.4 Å². The molecule has 2 heterocycles. The van der Waals surface area contributed by atoms with Crippen LogP contribution < -0.4 is 10.2 Å². The van der Waals surface area contributed by atoms with E-state index in [1.54, 1.807) is 91.2 Å². The Hall–Kier alpha value is -5.83. The highest BCUT2D eigenvalue weighted by molar-refractivity contribution is 6.11. The van der Waals surface area contributed by atoms with E-state index >= 15 is 8.78 Å². The number of nitrogens with zero attached hydrogens (tertiary/aromatic N) is 3. The monoisotopic (exact) mass is 630 g/mol. The number of anilines is 2. The number of para-hydroxylation sites is 1. The summed E-state index contributed by atoms with van der Waals surface area (Å²) in [7, 11) is 1.80. The van der Waals surface area contributed by atoms with E-state index in [0.29, 0.717) is 11.3 Å². The third-order valence-electron chi connectivity index (χ3n) is 8.10. The van der Waals surface area contributed by atoms with Crippen molar-refractivity contribution >= 4 is 34.7 Å². The Kier molecular flexibility index (Phi) is 8.79. The van der Waals surface area contributed by atoms with E-state index in [-0.39, 0.29) is 35.8 Å². The Labute approximate surface area is 271 Å². The van der Waals surface area contributed by atoms with Crippen molar-refractivity contribution in [3.63, 3.8) is 0 Å². The first-order chi connectivity index (χ1) is 22.7. The predicted molar refractivity (Wildman–Crippen MR) is 180 cm³/mol. The third-order valence-corrected chi connectivity index (χ3v) is 8.10. The normalized spacial score (nSPS) is 16.3. The van der Waals surface area contributed by atoms with Crippen LogP contribution in [-0.2, 0) is 4.79 Å². The van der Waals surface area contributed by atoms with Crippen LogP contribution >= 0.6 is 0 Å². The maximum Gasteiger partial charge on any atom is 0.275 e. The van der Waals surface area contributed by atoms with Gasteiger partial charge in [-0.05, 0) is 53.6 Å². The first-order valence-electron chi connectivity index (χ1n) is 15.2. The van der Waals surface area contributed by atoms with Crippen molar-refractivity contribution in [2.75, 3.05) is 30.4 Å². The number of fused-ring (bicyclic) bond motifs is 1. The molecule has 3 amide bonds. The van der Waals surface area contributed by atoms with Gasteiger partial charge in [0.05, 0.1) is 5.69 Å². The predicted octanol–water partition coefficient (Wildman–Crippen LogP) is 7.43. The van der Waals surface area contributed by atoms with Crippen LogP contribution in [0.3, 0.4) is 0 Å². The second-order valence-electron chi connectivity index (χ2n) is 11.3. The number of rotatable bonds is 5. The molecule has 4 aromatic carbocycles. The summed E-state index contributed by atoms with van der Waals surface area (Å²) in [5.74, 6) is -4.74. The van der Waals surface area contributed by atoms with E-state index in [9.17, 15) is 14.4 Å². The van der Waals surface area contributed by atoms with Crippen molar-refractivity contribution in [3.8, 4) is 11.1 Å². The second-order valence-corrected chi connectivity index (χ2v) is 11.3. The molecule has 0 spiro atoms. The molecule has 0 atom stereocenters. The molecule has 0 aliphatic carbocycles. The molecule has 0 unspecified atom stereocenters. The van der Waals surface area contributed by atoms with Gasteiger partial charge in [0.1, 0.15) is 0 Å². The largest absolute Gasteiger partial charge is 0.356 e. The van der Waals surface area contributed by atoms with Crippen molar-refractivity contribution in [2.24, 2.45) is 0 Å². The third kappa shape index (κ3) is 6.74. The van der Waals surface area contributed by atoms with Crippen LogP contribution in [0.15, 0.2) is 134 Å². The van der Waals surface area contributed by atoms with Gasteiger partial charge in [-0.15, -0.1) is 0 Å². The fourth-order valence-corrected chi connectivity index (χ4v) is 5.63. The maximum atomic E-state index is 15.7. The van der Waals surface area contributed by atoms with Gasteiger partial charge in [0.25, 0.3) is 23.6 Å². The van der Waals surface area contributed by atoms with Crippen LogP contribution in [0.5, 0.6) is 0 Å². The van der Waals surface area contributed by atoms with Crippen molar-refractivity contribution in [1.82, 2.24) is 9.80 Å². The summed E-state index contributed by atoms with van der Waals surface area (Å²) < 4.78 is 31.4. The quantitative estimate of drug-likeness (QED) is 0.233. The molecular formula is C38H32F2N4O3. The van der Waals surface area contributed by atoms with E-state index in [1.807, 2.05) is 42.5 Å². The topological polar surface area (TPSA) is 73.0 Å². The number of carbonyl (C=O) groups is 3. The average Bonchev–Trinajstić information content (AvgIpc) is 3.37. The van der Waals surface area contributed by atoms with Gasteiger partial charge in [-0.25, -0.2) is 8.78 Å². The lowest BCUT2D eigenvalue weighted by atomic mass is 9.96. The first-order valence-corrected chi connectivity index (χ1v) is 15.2. The fraction of sp³-hybridized carbons (Fsp3) is 0.132. The van der Waals surface area contributed by atoms with Gasteiger partial charge in [0.2, 0.25) is 0 Å². The van der Waals surface area contributed by atoms with Crippen LogP contribution in [0.2, 0.25) is 0 Å². The van der Waals surface area contributed by atoms with E-state index in [4.69, 9.17) is 0 Å². The summed E-state index contributed by atoms with van der Waals surface area (Å²) >= 11 is 0. The molecule has 4 aromatic rings. The summed E-state index contributed by atoms with van der Waals surface area (Å²) in [6.07, 6.45) is 7.06. The molecule has 2 aliphatic rings. The Bertz CT molecular complexity index is 1900. The summed E-state index contributed by atoms with van der Waals surface area (Å²) in [4.78, 5) is 44.6. The molecule has 47 heavy (non-hydrogen) atoms. The van der Waals surface area contributed by atoms with Crippen LogP contribution in [0.4, 0.5) is 20.2 Å². The Morgan fingerprint density at radius 1 is 0.787 bits per heavy atom. The zero-order valence-electron chi connectivity index (χ0n) is 25.6. The van der Waals surface area contributed by atoms with Crippen molar-refractivity contribution < 1.29 is 23.2 Å². The van der Waals surface area contributed by atoms with Crippen molar-refractivity contribution in [1.29, 1.82) is 0 Å². The lowest BCUT2D eigenvalue weighted by Crippen LogP contribution is -2.33. The molecular weight excluding hydrogens is 598 g/mol. The second kappa shape index (κ2) is 13.3. The molecule has 0 saturated carbocycles. The highest BCUT2D eigenvalue weighted by atomic mass is 19.3. The molecule has 7 nitrogen and oxygen atoms in total. The molecule has 236 valence electrons. The van der Waals surface area contributed by atoms with E-state index in [2.05, 4.69) is 5.32 Å². The molecule has 6 rings (SSSR count). The van der Waals surface area contributed by atoms with Gasteiger partial charge in [0.15, 0.2) is 0 Å². The summed E-state index contributed by atoms with van der Waals surface area (Å²) in [6, 6.07) is 29.6. The minimum Gasteiger partial charge on any atom is -0.356 e. The fourth-order valence-electron chi connectivity index (χ4n) is 5.63. The molecule has 0 fully saturated rings. The van der Waals surface area contributed by atoms with Crippen LogP contribution in [-0.4, -0.2) is 53.6 Å². The summed E-state index contributed by atoms with van der Waals surface area (Å²) in [6.45, 7) is -0.0302. The molecule has 0 saturated heterocycles. The smallest absolute Gasteiger partial charge is 0.275 e. The van der Waals surface area contributed by atoms with Gasteiger partial charge in [-0.1, -0.05) is 66.7 Å². The lowest BCUT2D eigenvalue weighted by molar-refractivity contribution is -0.123. The molecule has 9 heteroatoms. The first kappa shape index (κ1) is 31.2. The number of hydrogen-bond acceptors (Lipinski definition) is 4. The van der Waals surface area contributed by atoms with Crippen LogP contribution in [0, 0.1) is 0 Å². The number of alkyl halides is 2. The van der Waals surface area contributed by atoms with Gasteiger partial charge < -0.3 is 20.0 Å². The van der Waals surface area contributed by atoms with Gasteiger partial charge in [0, 0.05) is 79.2 Å². The Morgan fingerprint density at radius 3 is 2.23 bits per heavy atom. The zero-order chi connectivity index (χ0) is 33.0. The highest BCUT2D eigenvalue weighted by Gasteiger charge is 2.41. The molecule has 1 N–H and O–H groups in total. The average molecular weight is 631 g/mol. The maximum absolute atomic E-state index is 15.7. The molecule has 0 aromatic heterocycles. The Balaban J connectivity index is 1.24. The van der Waals surface area contributed by atoms with Crippen LogP contribution in [0.1, 0.15) is 32.7 Å². The van der Waals surface area contributed by atoms with E-state index < -0.39 is 29.7 Å². The van der Waals surface area contributed by atoms with Crippen molar-refractivity contribution in [2.45, 2.75) is 12.3 Å². The number of halogens is 2. The number of hydrogen-bond donors (Lipinski definition) is 1. The number of carbonyl (C=O) groups excluding carboxylic acids is 3. The summed E-state index contributed by atoms with van der Waals surface area (Å²) in [5, 5.41) is 2.89.